The fourth-order valence-corrected chi connectivity index (χ4v) is 3.45. The van der Waals surface area contributed by atoms with Gasteiger partial charge in [0.25, 0.3) is 0 Å². The quantitative estimate of drug-likeness (QED) is 0.325. The molecule has 0 spiro atoms. The number of carboxylic acid groups (broad SMARTS) is 1. The first kappa shape index (κ1) is 25.4. The molecule has 1 heterocycles. The van der Waals surface area contributed by atoms with Crippen LogP contribution in [0.1, 0.15) is 6.42 Å². The van der Waals surface area contributed by atoms with Crippen molar-refractivity contribution in [3.63, 3.8) is 0 Å². The molecule has 1 aliphatic rings. The smallest absolute Gasteiger partial charge is 0.426 e. The molecular weight excluding hydrogens is 493 g/mol. The highest BCUT2D eigenvalue weighted by Gasteiger charge is 2.42. The molecule has 0 unspecified atom stereocenters. The minimum absolute atomic E-state index is 0.0320. The van der Waals surface area contributed by atoms with E-state index in [0.717, 1.165) is 5.01 Å². The summed E-state index contributed by atoms with van der Waals surface area (Å²) in [4.78, 5) is 13.2. The summed E-state index contributed by atoms with van der Waals surface area (Å²) in [6.07, 6.45) is -6.63. The van der Waals surface area contributed by atoms with E-state index in [-0.39, 0.29) is 48.6 Å². The Morgan fingerprint density at radius 3 is 2.42 bits per heavy atom. The molecule has 0 bridgehead atoms. The average Bonchev–Trinajstić information content (AvgIpc) is 3.12. The van der Waals surface area contributed by atoms with Gasteiger partial charge in [0.2, 0.25) is 0 Å². The Morgan fingerprint density at radius 1 is 1.19 bits per heavy atom. The zero-order valence-corrected chi connectivity index (χ0v) is 18.1. The van der Waals surface area contributed by atoms with Gasteiger partial charge in [-0.25, -0.2) is 18.6 Å². The van der Waals surface area contributed by atoms with Gasteiger partial charge >= 0.3 is 18.6 Å². The molecule has 0 saturated carbocycles. The number of carbonyl (C=O) groups is 1. The third-order valence-electron chi connectivity index (χ3n) is 3.96. The van der Waals surface area contributed by atoms with E-state index in [2.05, 4.69) is 4.74 Å². The van der Waals surface area contributed by atoms with Crippen LogP contribution in [0, 0.1) is 0 Å². The van der Waals surface area contributed by atoms with Crippen molar-refractivity contribution in [2.24, 2.45) is 0 Å². The summed E-state index contributed by atoms with van der Waals surface area (Å²) < 4.78 is 58.8. The van der Waals surface area contributed by atoms with Crippen molar-refractivity contribution in [2.75, 3.05) is 33.0 Å². The minimum atomic E-state index is -4.50. The third-order valence-corrected chi connectivity index (χ3v) is 4.74. The van der Waals surface area contributed by atoms with E-state index in [1.54, 1.807) is 4.90 Å². The molecule has 0 aliphatic carbocycles. The second-order valence-electron chi connectivity index (χ2n) is 6.21. The van der Waals surface area contributed by atoms with Crippen LogP contribution >= 0.6 is 34.8 Å². The van der Waals surface area contributed by atoms with E-state index in [1.165, 1.54) is 29.5 Å². The average molecular weight is 511 g/mol. The predicted molar refractivity (Wildman–Crippen MR) is 106 cm³/mol. The van der Waals surface area contributed by atoms with E-state index >= 15 is 0 Å². The van der Waals surface area contributed by atoms with Gasteiger partial charge in [0.1, 0.15) is 13.3 Å². The lowest BCUT2D eigenvalue weighted by molar-refractivity contribution is -0.300. The Bertz CT molecular complexity index is 781. The number of halogens is 7. The maximum absolute atomic E-state index is 12.7. The van der Waals surface area contributed by atoms with Crippen molar-refractivity contribution in [3.8, 4) is 5.75 Å². The summed E-state index contributed by atoms with van der Waals surface area (Å²) in [5.41, 5.74) is 0. The lowest BCUT2D eigenvalue weighted by atomic mass is 10.3. The van der Waals surface area contributed by atoms with E-state index in [9.17, 15) is 27.5 Å². The molecule has 1 aliphatic heterocycles. The molecule has 0 aromatic heterocycles. The van der Waals surface area contributed by atoms with Crippen LogP contribution in [0.25, 0.3) is 0 Å². The standard InChI is InChI=1S/C17H18Cl3F4N3O4/c18-11-8-12(19)14(13(20)9-11)30-7-5-27(16(28)29)26-4-3-25(10-26)2-1-6-31-17(23,24)15(21)22/h3-4,8-9,15H,1-2,5-7,10H2,(H,28,29). The van der Waals surface area contributed by atoms with Crippen molar-refractivity contribution >= 4 is 40.9 Å². The maximum atomic E-state index is 12.7. The minimum Gasteiger partial charge on any atom is -0.489 e. The van der Waals surface area contributed by atoms with Gasteiger partial charge in [-0.3, -0.25) is 5.01 Å². The Morgan fingerprint density at radius 2 is 1.84 bits per heavy atom. The molecule has 31 heavy (non-hydrogen) atoms. The first-order valence-corrected chi connectivity index (χ1v) is 9.91. The monoisotopic (exact) mass is 509 g/mol. The van der Waals surface area contributed by atoms with Crippen LogP contribution in [0.5, 0.6) is 5.75 Å². The molecule has 2 rings (SSSR count). The van der Waals surface area contributed by atoms with Gasteiger partial charge < -0.3 is 19.5 Å². The molecule has 0 radical (unpaired) electrons. The number of amides is 1. The van der Waals surface area contributed by atoms with E-state index in [0.29, 0.717) is 5.02 Å². The number of alkyl halides is 4. The van der Waals surface area contributed by atoms with Gasteiger partial charge in [-0.05, 0) is 18.6 Å². The van der Waals surface area contributed by atoms with Crippen LogP contribution in [-0.2, 0) is 4.74 Å². The molecule has 0 atom stereocenters. The van der Waals surface area contributed by atoms with Gasteiger partial charge in [0, 0.05) is 24.0 Å². The lowest BCUT2D eigenvalue weighted by Crippen LogP contribution is -2.46. The molecule has 1 amide bonds. The van der Waals surface area contributed by atoms with Crippen molar-refractivity contribution in [2.45, 2.75) is 19.0 Å². The maximum Gasteiger partial charge on any atom is 0.426 e. The number of nitrogens with zero attached hydrogens (tertiary/aromatic N) is 3. The largest absolute Gasteiger partial charge is 0.489 e. The van der Waals surface area contributed by atoms with E-state index in [4.69, 9.17) is 39.5 Å². The van der Waals surface area contributed by atoms with Crippen LogP contribution in [0.2, 0.25) is 15.1 Å². The fraction of sp³-hybridized carbons (Fsp3) is 0.471. The van der Waals surface area contributed by atoms with Crippen LogP contribution in [0.15, 0.2) is 24.5 Å². The number of hydrogen-bond acceptors (Lipinski definition) is 5. The molecule has 1 N–H and O–H groups in total. The van der Waals surface area contributed by atoms with Gasteiger partial charge in [0.05, 0.1) is 23.2 Å². The molecule has 1 aromatic carbocycles. The van der Waals surface area contributed by atoms with Gasteiger partial charge in [0.15, 0.2) is 5.75 Å². The molecule has 174 valence electrons. The first-order valence-electron chi connectivity index (χ1n) is 8.78. The number of hydrazine groups is 1. The van der Waals surface area contributed by atoms with Crippen molar-refractivity contribution < 1.29 is 36.9 Å². The van der Waals surface area contributed by atoms with Gasteiger partial charge in [-0.2, -0.15) is 8.78 Å². The summed E-state index contributed by atoms with van der Waals surface area (Å²) >= 11 is 17.8. The first-order chi connectivity index (χ1) is 14.5. The van der Waals surface area contributed by atoms with Crippen molar-refractivity contribution in [1.29, 1.82) is 0 Å². The van der Waals surface area contributed by atoms with Crippen LogP contribution in [0.4, 0.5) is 22.4 Å². The molecule has 0 saturated heterocycles. The van der Waals surface area contributed by atoms with Crippen LogP contribution in [-0.4, -0.2) is 71.6 Å². The summed E-state index contributed by atoms with van der Waals surface area (Å²) in [5, 5.41) is 12.4. The summed E-state index contributed by atoms with van der Waals surface area (Å²) in [7, 11) is 0. The highest BCUT2D eigenvalue weighted by Crippen LogP contribution is 2.35. The van der Waals surface area contributed by atoms with Crippen molar-refractivity contribution in [1.82, 2.24) is 14.9 Å². The third kappa shape index (κ3) is 7.37. The Kier molecular flexibility index (Phi) is 9.16. The van der Waals surface area contributed by atoms with E-state index in [1.807, 2.05) is 0 Å². The van der Waals surface area contributed by atoms with Gasteiger partial charge in [-0.1, -0.05) is 34.8 Å². The van der Waals surface area contributed by atoms with Crippen molar-refractivity contribution in [3.05, 3.63) is 39.6 Å². The zero-order valence-electron chi connectivity index (χ0n) is 15.8. The number of rotatable bonds is 11. The Labute approximate surface area is 190 Å². The second-order valence-corrected chi connectivity index (χ2v) is 7.46. The summed E-state index contributed by atoms with van der Waals surface area (Å²) in [6.45, 7) is -0.451. The van der Waals surface area contributed by atoms with Crippen LogP contribution < -0.4 is 4.74 Å². The topological polar surface area (TPSA) is 65.5 Å². The Balaban J connectivity index is 1.80. The summed E-state index contributed by atoms with van der Waals surface area (Å²) in [6, 6.07) is 2.86. The molecule has 7 nitrogen and oxygen atoms in total. The van der Waals surface area contributed by atoms with Gasteiger partial charge in [-0.15, -0.1) is 0 Å². The summed E-state index contributed by atoms with van der Waals surface area (Å²) in [5.74, 6) is 0.164. The predicted octanol–water partition coefficient (Wildman–Crippen LogP) is 5.23. The second kappa shape index (κ2) is 11.2. The number of benzene rings is 1. The fourth-order valence-electron chi connectivity index (χ4n) is 2.53. The van der Waals surface area contributed by atoms with Crippen LogP contribution in [0.3, 0.4) is 0 Å². The molecule has 1 aromatic rings. The van der Waals surface area contributed by atoms with E-state index < -0.39 is 25.2 Å². The number of hydrogen-bond donors (Lipinski definition) is 1. The normalized spacial score (nSPS) is 13.9. The SMILES string of the molecule is O=C(O)N(CCOc1c(Cl)cc(Cl)cc1Cl)N1C=CN(CCCOC(F)(F)C(F)F)C1. The highest BCUT2D eigenvalue weighted by molar-refractivity contribution is 6.40. The zero-order chi connectivity index (χ0) is 23.2. The molecule has 14 heteroatoms. The lowest BCUT2D eigenvalue weighted by Gasteiger charge is -2.30. The number of ether oxygens (including phenoxy) is 2. The molecule has 0 fully saturated rings. The Hall–Kier alpha value is -1.82. The molecular formula is C17H18Cl3F4N3O4. The highest BCUT2D eigenvalue weighted by atomic mass is 35.5.